The van der Waals surface area contributed by atoms with Gasteiger partial charge in [-0.3, -0.25) is 4.79 Å². The van der Waals surface area contributed by atoms with Gasteiger partial charge in [-0.1, -0.05) is 53.2 Å². The lowest BCUT2D eigenvalue weighted by atomic mass is 10.1. The molecule has 0 aliphatic carbocycles. The lowest BCUT2D eigenvalue weighted by Crippen LogP contribution is -2.26. The molecule has 1 saturated heterocycles. The zero-order valence-electron chi connectivity index (χ0n) is 14.8. The number of nitrogens with zero attached hydrogens (tertiary/aromatic N) is 3. The number of benzene rings is 2. The van der Waals surface area contributed by atoms with Crippen LogP contribution >= 0.6 is 11.6 Å². The highest BCUT2D eigenvalue weighted by atomic mass is 35.5. The van der Waals surface area contributed by atoms with Crippen LogP contribution in [-0.2, 0) is 11.2 Å². The average Bonchev–Trinajstić information content (AvgIpc) is 3.30. The molecule has 1 atom stereocenters. The first-order chi connectivity index (χ1) is 13.2. The summed E-state index contributed by atoms with van der Waals surface area (Å²) in [5.74, 6) is 1.15. The normalized spacial score (nSPS) is 16.9. The third kappa shape index (κ3) is 4.19. The lowest BCUT2D eigenvalue weighted by molar-refractivity contribution is -0.127. The fourth-order valence-corrected chi connectivity index (χ4v) is 3.61. The smallest absolute Gasteiger partial charge is 0.257 e. The summed E-state index contributed by atoms with van der Waals surface area (Å²) in [6.45, 7) is 1.39. The quantitative estimate of drug-likeness (QED) is 0.637. The van der Waals surface area contributed by atoms with E-state index < -0.39 is 0 Å². The van der Waals surface area contributed by atoms with Gasteiger partial charge >= 0.3 is 0 Å². The number of hydrogen-bond donors (Lipinski definition) is 0. The van der Waals surface area contributed by atoms with Crippen LogP contribution < -0.4 is 0 Å². The van der Waals surface area contributed by atoms with Crippen molar-refractivity contribution < 1.29 is 9.32 Å². The standard InChI is InChI=1S/C21H20ClN3O2/c22-18-10-4-9-16(12-18)21-23-20(24-27-21)17-13-19(26)25(14-17)11-5-8-15-6-2-1-3-7-15/h1-4,6-7,9-10,12,17H,5,8,11,13-14H2. The van der Waals surface area contributed by atoms with Crippen molar-refractivity contribution in [2.45, 2.75) is 25.2 Å². The van der Waals surface area contributed by atoms with Crippen LogP contribution in [0.15, 0.2) is 59.1 Å². The van der Waals surface area contributed by atoms with Crippen molar-refractivity contribution in [2.24, 2.45) is 0 Å². The molecule has 4 rings (SSSR count). The summed E-state index contributed by atoms with van der Waals surface area (Å²) >= 11 is 6.02. The number of aryl methyl sites for hydroxylation is 1. The molecule has 0 N–H and O–H groups in total. The summed E-state index contributed by atoms with van der Waals surface area (Å²) in [5, 5.41) is 4.71. The first kappa shape index (κ1) is 17.7. The fraction of sp³-hybridized carbons (Fsp3) is 0.286. The molecule has 5 nitrogen and oxygen atoms in total. The second kappa shape index (κ2) is 7.92. The van der Waals surface area contributed by atoms with Crippen molar-refractivity contribution in [1.82, 2.24) is 15.0 Å². The maximum absolute atomic E-state index is 12.3. The van der Waals surface area contributed by atoms with Gasteiger partial charge in [-0.05, 0) is 36.6 Å². The van der Waals surface area contributed by atoms with E-state index >= 15 is 0 Å². The molecule has 6 heteroatoms. The molecule has 1 amide bonds. The first-order valence-corrected chi connectivity index (χ1v) is 9.48. The van der Waals surface area contributed by atoms with Crippen LogP contribution in [0.25, 0.3) is 11.5 Å². The second-order valence-corrected chi connectivity index (χ2v) is 7.23. The van der Waals surface area contributed by atoms with Gasteiger partial charge in [-0.25, -0.2) is 0 Å². The molecule has 0 spiro atoms. The van der Waals surface area contributed by atoms with E-state index in [0.29, 0.717) is 29.7 Å². The van der Waals surface area contributed by atoms with Crippen LogP contribution in [0.2, 0.25) is 5.02 Å². The molecular formula is C21H20ClN3O2. The van der Waals surface area contributed by atoms with Gasteiger partial charge < -0.3 is 9.42 Å². The third-order valence-corrected chi connectivity index (χ3v) is 5.06. The Morgan fingerprint density at radius 2 is 2.00 bits per heavy atom. The van der Waals surface area contributed by atoms with Crippen molar-refractivity contribution in [2.75, 3.05) is 13.1 Å². The van der Waals surface area contributed by atoms with Crippen LogP contribution in [0.4, 0.5) is 0 Å². The van der Waals surface area contributed by atoms with E-state index in [1.54, 1.807) is 12.1 Å². The lowest BCUT2D eigenvalue weighted by Gasteiger charge is -2.15. The summed E-state index contributed by atoms with van der Waals surface area (Å²) in [6.07, 6.45) is 2.35. The highest BCUT2D eigenvalue weighted by Crippen LogP contribution is 2.29. The Bertz CT molecular complexity index is 926. The summed E-state index contributed by atoms with van der Waals surface area (Å²) < 4.78 is 5.38. The summed E-state index contributed by atoms with van der Waals surface area (Å²) in [6, 6.07) is 17.6. The minimum Gasteiger partial charge on any atom is -0.342 e. The van der Waals surface area contributed by atoms with E-state index in [1.807, 2.05) is 35.2 Å². The first-order valence-electron chi connectivity index (χ1n) is 9.10. The molecule has 0 saturated carbocycles. The molecule has 2 heterocycles. The largest absolute Gasteiger partial charge is 0.342 e. The van der Waals surface area contributed by atoms with Crippen LogP contribution in [0.3, 0.4) is 0 Å². The molecule has 27 heavy (non-hydrogen) atoms. The SMILES string of the molecule is O=C1CC(c2noc(-c3cccc(Cl)c3)n2)CN1CCCc1ccccc1. The number of halogens is 1. The molecule has 3 aromatic rings. The van der Waals surface area contributed by atoms with Gasteiger partial charge in [0.15, 0.2) is 5.82 Å². The van der Waals surface area contributed by atoms with Crippen LogP contribution in [0.5, 0.6) is 0 Å². The molecule has 2 aromatic carbocycles. The second-order valence-electron chi connectivity index (χ2n) is 6.80. The van der Waals surface area contributed by atoms with Crippen LogP contribution in [-0.4, -0.2) is 34.0 Å². The maximum atomic E-state index is 12.3. The summed E-state index contributed by atoms with van der Waals surface area (Å²) in [5.41, 5.74) is 2.08. The molecule has 1 fully saturated rings. The minimum atomic E-state index is -0.0223. The molecular weight excluding hydrogens is 362 g/mol. The Morgan fingerprint density at radius 1 is 1.15 bits per heavy atom. The predicted octanol–water partition coefficient (Wildman–Crippen LogP) is 4.34. The molecule has 0 bridgehead atoms. The third-order valence-electron chi connectivity index (χ3n) is 4.83. The number of amides is 1. The molecule has 1 aliphatic heterocycles. The van der Waals surface area contributed by atoms with Crippen LogP contribution in [0, 0.1) is 0 Å². The molecule has 1 aliphatic rings. The number of hydrogen-bond acceptors (Lipinski definition) is 4. The average molecular weight is 382 g/mol. The molecule has 0 radical (unpaired) electrons. The zero-order valence-corrected chi connectivity index (χ0v) is 15.6. The van der Waals surface area contributed by atoms with Gasteiger partial charge in [0.1, 0.15) is 0 Å². The highest BCUT2D eigenvalue weighted by Gasteiger charge is 2.33. The summed E-state index contributed by atoms with van der Waals surface area (Å²) in [4.78, 5) is 18.7. The van der Waals surface area contributed by atoms with E-state index in [1.165, 1.54) is 5.56 Å². The van der Waals surface area contributed by atoms with Crippen molar-refractivity contribution in [3.8, 4) is 11.5 Å². The number of carbonyl (C=O) groups is 1. The Morgan fingerprint density at radius 3 is 2.81 bits per heavy atom. The number of rotatable bonds is 6. The Labute approximate surface area is 163 Å². The van der Waals surface area contributed by atoms with E-state index in [4.69, 9.17) is 16.1 Å². The van der Waals surface area contributed by atoms with Gasteiger partial charge in [0, 0.05) is 36.0 Å². The predicted molar refractivity (Wildman–Crippen MR) is 103 cm³/mol. The topological polar surface area (TPSA) is 59.2 Å². The minimum absolute atomic E-state index is 0.0223. The summed E-state index contributed by atoms with van der Waals surface area (Å²) in [7, 11) is 0. The highest BCUT2D eigenvalue weighted by molar-refractivity contribution is 6.30. The molecule has 138 valence electrons. The van der Waals surface area contributed by atoms with E-state index in [-0.39, 0.29) is 11.8 Å². The van der Waals surface area contributed by atoms with Crippen molar-refractivity contribution in [1.29, 1.82) is 0 Å². The Kier molecular flexibility index (Phi) is 5.21. The number of carbonyl (C=O) groups excluding carboxylic acids is 1. The molecule has 1 unspecified atom stereocenters. The van der Waals surface area contributed by atoms with Crippen molar-refractivity contribution >= 4 is 17.5 Å². The van der Waals surface area contributed by atoms with Gasteiger partial charge in [-0.15, -0.1) is 0 Å². The van der Waals surface area contributed by atoms with E-state index in [9.17, 15) is 4.79 Å². The van der Waals surface area contributed by atoms with E-state index in [0.717, 1.165) is 24.9 Å². The maximum Gasteiger partial charge on any atom is 0.257 e. The fourth-order valence-electron chi connectivity index (χ4n) is 3.42. The Hall–Kier alpha value is -2.66. The van der Waals surface area contributed by atoms with Crippen molar-refractivity contribution in [3.63, 3.8) is 0 Å². The number of aromatic nitrogens is 2. The van der Waals surface area contributed by atoms with E-state index in [2.05, 4.69) is 22.3 Å². The monoisotopic (exact) mass is 381 g/mol. The number of likely N-dealkylation sites (tertiary alicyclic amines) is 1. The van der Waals surface area contributed by atoms with Crippen molar-refractivity contribution in [3.05, 3.63) is 71.0 Å². The van der Waals surface area contributed by atoms with Gasteiger partial charge in [0.25, 0.3) is 5.89 Å². The van der Waals surface area contributed by atoms with Crippen LogP contribution in [0.1, 0.15) is 30.1 Å². The van der Waals surface area contributed by atoms with Gasteiger partial charge in [0.2, 0.25) is 5.91 Å². The van der Waals surface area contributed by atoms with Gasteiger partial charge in [0.05, 0.1) is 0 Å². The zero-order chi connectivity index (χ0) is 18.6. The molecule has 1 aromatic heterocycles. The van der Waals surface area contributed by atoms with Gasteiger partial charge in [-0.2, -0.15) is 4.98 Å². The Balaban J connectivity index is 1.36.